The standard InChI is InChI=1S/CH2N2O3S/c4-1-2-3-7(1,5)6/h3H,(H,2,4). The number of hydrogen-bond acceptors (Lipinski definition) is 3. The second kappa shape index (κ2) is 0.958. The molecule has 1 fully saturated rings. The van der Waals surface area contributed by atoms with E-state index < -0.39 is 15.3 Å². The van der Waals surface area contributed by atoms with Gasteiger partial charge in [-0.05, 0) is 0 Å². The summed E-state index contributed by atoms with van der Waals surface area (Å²) in [4.78, 5) is 11.5. The average Bonchev–Trinajstić information content (AvgIpc) is 1.63. The van der Waals surface area contributed by atoms with E-state index in [1.54, 1.807) is 4.83 Å². The van der Waals surface area contributed by atoms with Crippen LogP contribution in [0.25, 0.3) is 0 Å². The maximum Gasteiger partial charge on any atom is 0.368 e. The number of carbonyl (C=O) groups excluding carboxylic acids is 1. The van der Waals surface area contributed by atoms with Crippen molar-refractivity contribution in [3.63, 3.8) is 0 Å². The van der Waals surface area contributed by atoms with Gasteiger partial charge in [-0.1, -0.05) is 0 Å². The molecule has 0 saturated carbocycles. The fourth-order valence-electron chi connectivity index (χ4n) is 0.176. The predicted octanol–water partition coefficient (Wildman–Crippen LogP) is -1.46. The Morgan fingerprint density at radius 1 is 1.43 bits per heavy atom. The zero-order chi connectivity index (χ0) is 5.49. The fourth-order valence-corrected chi connectivity index (χ4v) is 0.528. The maximum atomic E-state index is 9.89. The number of carbonyl (C=O) groups is 1. The zero-order valence-electron chi connectivity index (χ0n) is 3.13. The van der Waals surface area contributed by atoms with Crippen LogP contribution in [0.5, 0.6) is 0 Å². The molecule has 7 heavy (non-hydrogen) atoms. The molecule has 1 amide bonds. The highest BCUT2D eigenvalue weighted by atomic mass is 32.2. The summed E-state index contributed by atoms with van der Waals surface area (Å²) in [6.45, 7) is 0. The SMILES string of the molecule is O=C1NNS1(=O)=O. The van der Waals surface area contributed by atoms with E-state index in [1.165, 1.54) is 0 Å². The van der Waals surface area contributed by atoms with Crippen LogP contribution in [0.3, 0.4) is 0 Å². The minimum absolute atomic E-state index is 0.965. The van der Waals surface area contributed by atoms with E-state index >= 15 is 0 Å². The highest BCUT2D eigenvalue weighted by molar-refractivity contribution is 8.06. The molecule has 6 heteroatoms. The molecule has 5 nitrogen and oxygen atoms in total. The van der Waals surface area contributed by atoms with E-state index in [-0.39, 0.29) is 0 Å². The Morgan fingerprint density at radius 3 is 1.86 bits per heavy atom. The monoisotopic (exact) mass is 122 g/mol. The molecule has 0 aromatic rings. The topological polar surface area (TPSA) is 75.3 Å². The van der Waals surface area contributed by atoms with Gasteiger partial charge in [0.2, 0.25) is 0 Å². The van der Waals surface area contributed by atoms with Gasteiger partial charge in [0.1, 0.15) is 0 Å². The molecule has 0 unspecified atom stereocenters. The van der Waals surface area contributed by atoms with Gasteiger partial charge in [-0.15, -0.1) is 4.83 Å². The van der Waals surface area contributed by atoms with Crippen molar-refractivity contribution in [2.24, 2.45) is 0 Å². The molecule has 0 aromatic heterocycles. The van der Waals surface area contributed by atoms with Gasteiger partial charge in [-0.3, -0.25) is 10.2 Å². The summed E-state index contributed by atoms with van der Waals surface area (Å²) in [6.07, 6.45) is 0. The molecule has 0 spiro atoms. The third kappa shape index (κ3) is 0.475. The molecule has 0 aliphatic carbocycles. The van der Waals surface area contributed by atoms with Crippen molar-refractivity contribution in [2.45, 2.75) is 0 Å². The van der Waals surface area contributed by atoms with Crippen LogP contribution in [-0.4, -0.2) is 13.7 Å². The van der Waals surface area contributed by atoms with Gasteiger partial charge >= 0.3 is 15.3 Å². The lowest BCUT2D eigenvalue weighted by atomic mass is 11.4. The first kappa shape index (κ1) is 4.54. The third-order valence-electron chi connectivity index (χ3n) is 0.532. The normalized spacial score (nSPS) is 25.4. The average molecular weight is 122 g/mol. The minimum Gasteiger partial charge on any atom is -0.263 e. The quantitative estimate of drug-likeness (QED) is 0.412. The van der Waals surface area contributed by atoms with E-state index in [0.29, 0.717) is 0 Å². The van der Waals surface area contributed by atoms with Gasteiger partial charge < -0.3 is 0 Å². The molecular weight excluding hydrogens is 120 g/mol. The summed E-state index contributed by atoms with van der Waals surface area (Å²) in [6, 6.07) is 0. The summed E-state index contributed by atoms with van der Waals surface area (Å²) in [5.74, 6) is 0. The van der Waals surface area contributed by atoms with E-state index in [2.05, 4.69) is 0 Å². The minimum atomic E-state index is -3.56. The molecule has 1 saturated heterocycles. The van der Waals surface area contributed by atoms with Crippen LogP contribution in [0.4, 0.5) is 4.79 Å². The van der Waals surface area contributed by atoms with Crippen molar-refractivity contribution in [2.75, 3.05) is 0 Å². The van der Waals surface area contributed by atoms with Gasteiger partial charge in [-0.25, -0.2) is 8.42 Å². The van der Waals surface area contributed by atoms with Gasteiger partial charge in [0.15, 0.2) is 0 Å². The highest BCUT2D eigenvalue weighted by Crippen LogP contribution is 1.90. The van der Waals surface area contributed by atoms with Gasteiger partial charge in [0.25, 0.3) is 0 Å². The molecule has 0 radical (unpaired) electrons. The predicted molar refractivity (Wildman–Crippen MR) is 20.6 cm³/mol. The fraction of sp³-hybridized carbons (Fsp3) is 0. The Kier molecular flexibility index (Phi) is 0.621. The van der Waals surface area contributed by atoms with E-state index in [0.717, 1.165) is 0 Å². The number of nitrogens with one attached hydrogen (secondary N) is 2. The Balaban J connectivity index is 3.01. The van der Waals surface area contributed by atoms with Crippen LogP contribution in [0.1, 0.15) is 0 Å². The Labute approximate surface area is 39.7 Å². The van der Waals surface area contributed by atoms with Crippen LogP contribution in [0.2, 0.25) is 0 Å². The number of hydrogen-bond donors (Lipinski definition) is 2. The van der Waals surface area contributed by atoms with Gasteiger partial charge in [0, 0.05) is 0 Å². The molecule has 2 N–H and O–H groups in total. The smallest absolute Gasteiger partial charge is 0.263 e. The molecule has 40 valence electrons. The van der Waals surface area contributed by atoms with E-state index in [1.807, 2.05) is 5.43 Å². The van der Waals surface area contributed by atoms with Crippen molar-refractivity contribution in [3.8, 4) is 0 Å². The third-order valence-corrected chi connectivity index (χ3v) is 1.49. The van der Waals surface area contributed by atoms with Crippen LogP contribution in [-0.2, 0) is 10.0 Å². The molecule has 0 bridgehead atoms. The summed E-state index contributed by atoms with van der Waals surface area (Å²) in [5.41, 5.74) is 1.82. The summed E-state index contributed by atoms with van der Waals surface area (Å²) < 4.78 is 19.8. The molecule has 1 aliphatic heterocycles. The highest BCUT2D eigenvalue weighted by Gasteiger charge is 2.31. The molecule has 0 aromatic carbocycles. The van der Waals surface area contributed by atoms with E-state index in [4.69, 9.17) is 0 Å². The van der Waals surface area contributed by atoms with Crippen LogP contribution in [0.15, 0.2) is 0 Å². The Bertz CT molecular complexity index is 191. The lowest BCUT2D eigenvalue weighted by Crippen LogP contribution is -2.58. The summed E-state index contributed by atoms with van der Waals surface area (Å²) in [5, 5.41) is -0.965. The number of hydrazine groups is 1. The molecule has 1 aliphatic rings. The van der Waals surface area contributed by atoms with Crippen molar-refractivity contribution in [1.82, 2.24) is 10.3 Å². The first-order valence-corrected chi connectivity index (χ1v) is 2.93. The molecular formula is CH2N2O3S. The number of sulfonamides is 1. The summed E-state index contributed by atoms with van der Waals surface area (Å²) in [7, 11) is -3.56. The lowest BCUT2D eigenvalue weighted by molar-refractivity contribution is 0.251. The van der Waals surface area contributed by atoms with Crippen LogP contribution < -0.4 is 10.3 Å². The van der Waals surface area contributed by atoms with Crippen LogP contribution in [0, 0.1) is 0 Å². The number of rotatable bonds is 0. The van der Waals surface area contributed by atoms with Crippen molar-refractivity contribution < 1.29 is 13.2 Å². The van der Waals surface area contributed by atoms with Crippen LogP contribution >= 0.6 is 0 Å². The maximum absolute atomic E-state index is 9.89. The second-order valence-electron chi connectivity index (χ2n) is 1.02. The van der Waals surface area contributed by atoms with Gasteiger partial charge in [0.05, 0.1) is 0 Å². The van der Waals surface area contributed by atoms with Crippen molar-refractivity contribution in [3.05, 3.63) is 0 Å². The Hall–Kier alpha value is -0.620. The van der Waals surface area contributed by atoms with Gasteiger partial charge in [-0.2, -0.15) is 0 Å². The first-order chi connectivity index (χ1) is 3.13. The molecule has 1 heterocycles. The molecule has 1 rings (SSSR count). The second-order valence-corrected chi connectivity index (χ2v) is 2.60. The lowest BCUT2D eigenvalue weighted by Gasteiger charge is -2.13. The van der Waals surface area contributed by atoms with Crippen molar-refractivity contribution in [1.29, 1.82) is 0 Å². The Morgan fingerprint density at radius 2 is 1.86 bits per heavy atom. The molecule has 0 atom stereocenters. The number of amides is 1. The van der Waals surface area contributed by atoms with E-state index in [9.17, 15) is 13.2 Å². The summed E-state index contributed by atoms with van der Waals surface area (Å²) >= 11 is 0. The largest absolute Gasteiger partial charge is 0.368 e. The first-order valence-electron chi connectivity index (χ1n) is 1.45. The zero-order valence-corrected chi connectivity index (χ0v) is 3.95. The van der Waals surface area contributed by atoms with Crippen molar-refractivity contribution >= 4 is 15.3 Å².